The summed E-state index contributed by atoms with van der Waals surface area (Å²) in [6.07, 6.45) is 0.786. The van der Waals surface area contributed by atoms with Gasteiger partial charge in [0, 0.05) is 11.0 Å². The number of nitrogens with one attached hydrogen (secondary N) is 1. The van der Waals surface area contributed by atoms with Crippen molar-refractivity contribution in [1.29, 1.82) is 0 Å². The molecule has 6 heteroatoms. The molecule has 2 atom stereocenters. The third-order valence-corrected chi connectivity index (χ3v) is 5.55. The Morgan fingerprint density at radius 3 is 2.20 bits per heavy atom. The second-order valence-electron chi connectivity index (χ2n) is 8.34. The molecule has 2 N–H and O–H groups in total. The van der Waals surface area contributed by atoms with Gasteiger partial charge in [0.05, 0.1) is 17.8 Å². The van der Waals surface area contributed by atoms with Crippen molar-refractivity contribution < 1.29 is 9.90 Å². The molecule has 0 spiro atoms. The summed E-state index contributed by atoms with van der Waals surface area (Å²) in [6, 6.07) is 15.2. The van der Waals surface area contributed by atoms with E-state index in [0.717, 1.165) is 28.7 Å². The molecular formula is C24H30N4O2. The maximum absolute atomic E-state index is 12.1. The van der Waals surface area contributed by atoms with Gasteiger partial charge in [-0.25, -0.2) is 0 Å². The Morgan fingerprint density at radius 2 is 1.70 bits per heavy atom. The first-order chi connectivity index (χ1) is 14.2. The molecule has 0 bridgehead atoms. The topological polar surface area (TPSA) is 80.0 Å². The summed E-state index contributed by atoms with van der Waals surface area (Å²) in [6.45, 7) is 11.4. The Kier molecular flexibility index (Phi) is 6.37. The van der Waals surface area contributed by atoms with E-state index in [4.69, 9.17) is 0 Å². The molecular weight excluding hydrogens is 376 g/mol. The van der Waals surface area contributed by atoms with E-state index in [9.17, 15) is 9.90 Å². The van der Waals surface area contributed by atoms with Crippen LogP contribution >= 0.6 is 0 Å². The maximum Gasteiger partial charge on any atom is 0.246 e. The molecule has 2 unspecified atom stereocenters. The molecule has 1 amide bonds. The number of hydrogen-bond donors (Lipinski definition) is 2. The van der Waals surface area contributed by atoms with Crippen LogP contribution in [0.4, 0.5) is 0 Å². The quantitative estimate of drug-likeness (QED) is 0.556. The lowest BCUT2D eigenvalue weighted by molar-refractivity contribution is -0.119. The number of amides is 1. The Bertz CT molecular complexity index is 1000. The van der Waals surface area contributed by atoms with Gasteiger partial charge in [-0.05, 0) is 43.2 Å². The Labute approximate surface area is 177 Å². The molecule has 0 aliphatic carbocycles. The highest BCUT2D eigenvalue weighted by Gasteiger charge is 2.36. The molecule has 1 heterocycles. The maximum atomic E-state index is 12.1. The number of fused-ring (bicyclic) bond motifs is 1. The minimum atomic E-state index is -0.753. The van der Waals surface area contributed by atoms with E-state index in [1.165, 1.54) is 0 Å². The smallest absolute Gasteiger partial charge is 0.246 e. The van der Waals surface area contributed by atoms with E-state index < -0.39 is 11.5 Å². The number of benzene rings is 2. The molecule has 0 aliphatic heterocycles. The first kappa shape index (κ1) is 21.7. The Hall–Kier alpha value is -2.99. The number of carbonyl (C=O) groups excluding carboxylic acids is 1. The fourth-order valence-corrected chi connectivity index (χ4v) is 3.58. The molecule has 6 nitrogen and oxygen atoms in total. The van der Waals surface area contributed by atoms with Crippen LogP contribution in [0.2, 0.25) is 0 Å². The van der Waals surface area contributed by atoms with Gasteiger partial charge in [-0.2, -0.15) is 4.80 Å². The van der Waals surface area contributed by atoms with Crippen molar-refractivity contribution in [2.45, 2.75) is 58.1 Å². The average molecular weight is 407 g/mol. The van der Waals surface area contributed by atoms with Crippen LogP contribution in [0.1, 0.15) is 46.1 Å². The number of hydrogen-bond acceptors (Lipinski definition) is 4. The van der Waals surface area contributed by atoms with Crippen LogP contribution < -0.4 is 5.32 Å². The van der Waals surface area contributed by atoms with Crippen molar-refractivity contribution in [2.75, 3.05) is 0 Å². The lowest BCUT2D eigenvalue weighted by atomic mass is 9.75. The van der Waals surface area contributed by atoms with Crippen LogP contribution in [0, 0.1) is 0 Å². The number of aliphatic hydroxyl groups excluding tert-OH is 1. The molecule has 0 aliphatic rings. The number of rotatable bonds is 8. The van der Waals surface area contributed by atoms with Gasteiger partial charge in [0.1, 0.15) is 11.0 Å². The van der Waals surface area contributed by atoms with Crippen LogP contribution in [0.3, 0.4) is 0 Å². The van der Waals surface area contributed by atoms with E-state index in [2.05, 4.69) is 22.1 Å². The molecule has 30 heavy (non-hydrogen) atoms. The van der Waals surface area contributed by atoms with Crippen molar-refractivity contribution in [3.63, 3.8) is 0 Å². The summed E-state index contributed by atoms with van der Waals surface area (Å²) in [7, 11) is 0. The van der Waals surface area contributed by atoms with E-state index >= 15 is 0 Å². The van der Waals surface area contributed by atoms with E-state index in [1.807, 2.05) is 69.3 Å². The van der Waals surface area contributed by atoms with Gasteiger partial charge in [-0.3, -0.25) is 4.79 Å². The number of carbonyl (C=O) groups is 1. The zero-order valence-electron chi connectivity index (χ0n) is 18.1. The highest BCUT2D eigenvalue weighted by Crippen LogP contribution is 2.31. The van der Waals surface area contributed by atoms with E-state index in [-0.39, 0.29) is 11.9 Å². The van der Waals surface area contributed by atoms with Crippen LogP contribution in [0.5, 0.6) is 0 Å². The van der Waals surface area contributed by atoms with Gasteiger partial charge in [0.25, 0.3) is 0 Å². The van der Waals surface area contributed by atoms with E-state index in [1.54, 1.807) is 11.7 Å². The molecule has 3 aromatic rings. The number of aliphatic hydroxyl groups is 1. The minimum Gasteiger partial charge on any atom is -0.390 e. The van der Waals surface area contributed by atoms with Gasteiger partial charge in [-0.1, -0.05) is 58.0 Å². The monoisotopic (exact) mass is 406 g/mol. The molecule has 1 aromatic heterocycles. The molecule has 0 saturated heterocycles. The third kappa shape index (κ3) is 4.44. The minimum absolute atomic E-state index is 0.226. The first-order valence-electron chi connectivity index (χ1n) is 10.3. The predicted octanol–water partition coefficient (Wildman–Crippen LogP) is 3.92. The summed E-state index contributed by atoms with van der Waals surface area (Å²) >= 11 is 0. The lowest BCUT2D eigenvalue weighted by Gasteiger charge is -2.37. The van der Waals surface area contributed by atoms with Gasteiger partial charge >= 0.3 is 0 Å². The van der Waals surface area contributed by atoms with Gasteiger partial charge in [-0.15, -0.1) is 10.2 Å². The first-order valence-corrected chi connectivity index (χ1v) is 10.3. The fraction of sp³-hybridized carbons (Fsp3) is 0.375. The molecule has 0 saturated carbocycles. The normalized spacial score (nSPS) is 13.8. The molecule has 0 radical (unpaired) electrons. The Morgan fingerprint density at radius 1 is 1.13 bits per heavy atom. The van der Waals surface area contributed by atoms with Gasteiger partial charge < -0.3 is 10.4 Å². The second-order valence-corrected chi connectivity index (χ2v) is 8.34. The lowest BCUT2D eigenvalue weighted by Crippen LogP contribution is -2.51. The van der Waals surface area contributed by atoms with Gasteiger partial charge in [0.15, 0.2) is 0 Å². The van der Waals surface area contributed by atoms with Crippen LogP contribution in [-0.4, -0.2) is 38.2 Å². The summed E-state index contributed by atoms with van der Waals surface area (Å²) < 4.78 is 0. The fourth-order valence-electron chi connectivity index (χ4n) is 3.58. The highest BCUT2D eigenvalue weighted by molar-refractivity contribution is 5.92. The van der Waals surface area contributed by atoms with Crippen LogP contribution in [-0.2, 0) is 10.2 Å². The van der Waals surface area contributed by atoms with Crippen LogP contribution in [0.15, 0.2) is 60.7 Å². The summed E-state index contributed by atoms with van der Waals surface area (Å²) in [5.74, 6) is -0.226. The average Bonchev–Trinajstić information content (AvgIpc) is 3.17. The summed E-state index contributed by atoms with van der Waals surface area (Å²) in [5, 5.41) is 23.1. The zero-order valence-corrected chi connectivity index (χ0v) is 18.1. The predicted molar refractivity (Wildman–Crippen MR) is 120 cm³/mol. The second kappa shape index (κ2) is 8.79. The van der Waals surface area contributed by atoms with Crippen molar-refractivity contribution in [3.8, 4) is 5.69 Å². The molecule has 158 valence electrons. The molecule has 2 aromatic carbocycles. The SMILES string of the molecule is C=C(C)C(=O)NC(CCC)C(O)C(C)(C)c1ccc(-n2nc3ccccc3n2)cc1. The van der Waals surface area contributed by atoms with Gasteiger partial charge in [0.2, 0.25) is 5.91 Å². The Balaban J connectivity index is 1.83. The number of aromatic nitrogens is 3. The standard InChI is InChI=1S/C24H30N4O2/c1-6-9-21(25-23(30)16(2)3)22(29)24(4,5)17-12-14-18(15-13-17)28-26-19-10-7-8-11-20(19)27-28/h7-8,10-15,21-22,29H,2,6,9H2,1,3-5H3,(H,25,30). The third-order valence-electron chi connectivity index (χ3n) is 5.55. The summed E-state index contributed by atoms with van der Waals surface area (Å²) in [5.41, 5.74) is 3.37. The van der Waals surface area contributed by atoms with E-state index in [0.29, 0.717) is 12.0 Å². The number of nitrogens with zero attached hydrogens (tertiary/aromatic N) is 3. The summed E-state index contributed by atoms with van der Waals surface area (Å²) in [4.78, 5) is 13.7. The highest BCUT2D eigenvalue weighted by atomic mass is 16.3. The largest absolute Gasteiger partial charge is 0.390 e. The van der Waals surface area contributed by atoms with Crippen molar-refractivity contribution in [3.05, 3.63) is 66.2 Å². The zero-order chi connectivity index (χ0) is 21.9. The molecule has 0 fully saturated rings. The van der Waals surface area contributed by atoms with Crippen LogP contribution in [0.25, 0.3) is 16.7 Å². The molecule has 3 rings (SSSR count). The van der Waals surface area contributed by atoms with Crippen molar-refractivity contribution in [2.24, 2.45) is 0 Å². The van der Waals surface area contributed by atoms with Crippen molar-refractivity contribution in [1.82, 2.24) is 20.3 Å². The van der Waals surface area contributed by atoms with Crippen molar-refractivity contribution >= 4 is 16.9 Å².